The van der Waals surface area contributed by atoms with E-state index in [1.165, 1.54) is 17.9 Å². The molecule has 0 saturated carbocycles. The van der Waals surface area contributed by atoms with Crippen LogP contribution in [0.5, 0.6) is 0 Å². The van der Waals surface area contributed by atoms with Gasteiger partial charge in [0, 0.05) is 37.4 Å². The maximum absolute atomic E-state index is 12.8. The second-order valence-electron chi connectivity index (χ2n) is 8.93. The molecule has 174 valence electrons. The Hall–Kier alpha value is -2.94. The molecule has 1 N–H and O–H groups in total. The van der Waals surface area contributed by atoms with Crippen molar-refractivity contribution in [2.75, 3.05) is 20.2 Å². The van der Waals surface area contributed by atoms with Gasteiger partial charge in [0.25, 0.3) is 0 Å². The maximum atomic E-state index is 12.8. The molecule has 1 atom stereocenters. The fourth-order valence-electron chi connectivity index (χ4n) is 3.88. The highest BCUT2D eigenvalue weighted by Crippen LogP contribution is 2.26. The SMILES string of the molecule is CCC(NCc1ccnc2c1c(C(=O)OC)cn2C(=O)OC(C)(C)C)C(=O)N1CCCC1. The zero-order chi connectivity index (χ0) is 23.5. The predicted octanol–water partition coefficient (Wildman–Crippen LogP) is 3.10. The topological polar surface area (TPSA) is 103 Å². The van der Waals surface area contributed by atoms with E-state index in [-0.39, 0.29) is 17.5 Å². The number of nitrogens with one attached hydrogen (secondary N) is 1. The van der Waals surface area contributed by atoms with Gasteiger partial charge in [-0.15, -0.1) is 0 Å². The molecule has 9 nitrogen and oxygen atoms in total. The Morgan fingerprint density at radius 3 is 2.50 bits per heavy atom. The van der Waals surface area contributed by atoms with Gasteiger partial charge in [0.1, 0.15) is 5.60 Å². The molecule has 1 aliphatic rings. The van der Waals surface area contributed by atoms with E-state index in [2.05, 4.69) is 10.3 Å². The zero-order valence-corrected chi connectivity index (χ0v) is 19.4. The van der Waals surface area contributed by atoms with E-state index in [0.29, 0.717) is 24.0 Å². The van der Waals surface area contributed by atoms with E-state index in [4.69, 9.17) is 9.47 Å². The second kappa shape index (κ2) is 9.68. The summed E-state index contributed by atoms with van der Waals surface area (Å²) in [6, 6.07) is 1.44. The molecule has 0 spiro atoms. The first-order valence-electron chi connectivity index (χ1n) is 11.0. The van der Waals surface area contributed by atoms with Gasteiger partial charge >= 0.3 is 12.1 Å². The standard InChI is InChI=1S/C23H32N4O5/c1-6-17(20(28)26-11-7-8-12-26)25-13-15-9-10-24-19-18(15)16(21(29)31-5)14-27(19)22(30)32-23(2,3)4/h9-10,14,17,25H,6-8,11-13H2,1-5H3. The van der Waals surface area contributed by atoms with Gasteiger partial charge in [0.2, 0.25) is 5.91 Å². The molecule has 0 radical (unpaired) electrons. The number of likely N-dealkylation sites (tertiary alicyclic amines) is 1. The summed E-state index contributed by atoms with van der Waals surface area (Å²) >= 11 is 0. The van der Waals surface area contributed by atoms with Crippen molar-refractivity contribution in [3.8, 4) is 0 Å². The van der Waals surface area contributed by atoms with Crippen LogP contribution in [0.2, 0.25) is 0 Å². The fourth-order valence-corrected chi connectivity index (χ4v) is 3.88. The van der Waals surface area contributed by atoms with Crippen LogP contribution in [0.4, 0.5) is 4.79 Å². The quantitative estimate of drug-likeness (QED) is 0.683. The van der Waals surface area contributed by atoms with Crippen LogP contribution in [0.25, 0.3) is 11.0 Å². The summed E-state index contributed by atoms with van der Waals surface area (Å²) in [6.45, 7) is 9.18. The highest BCUT2D eigenvalue weighted by Gasteiger charge is 2.27. The lowest BCUT2D eigenvalue weighted by Gasteiger charge is -2.23. The number of fused-ring (bicyclic) bond motifs is 1. The molecular weight excluding hydrogens is 412 g/mol. The van der Waals surface area contributed by atoms with Gasteiger partial charge in [-0.2, -0.15) is 0 Å². The summed E-state index contributed by atoms with van der Waals surface area (Å²) < 4.78 is 11.6. The van der Waals surface area contributed by atoms with Gasteiger partial charge in [-0.05, 0) is 51.7 Å². The molecule has 0 aliphatic carbocycles. The predicted molar refractivity (Wildman–Crippen MR) is 119 cm³/mol. The minimum Gasteiger partial charge on any atom is -0.465 e. The van der Waals surface area contributed by atoms with E-state index in [9.17, 15) is 14.4 Å². The number of ether oxygens (including phenoxy) is 2. The van der Waals surface area contributed by atoms with Crippen molar-refractivity contribution in [3.05, 3.63) is 29.6 Å². The molecule has 1 amide bonds. The van der Waals surface area contributed by atoms with Crippen LogP contribution in [0, 0.1) is 0 Å². The Morgan fingerprint density at radius 1 is 1.22 bits per heavy atom. The molecule has 9 heteroatoms. The van der Waals surface area contributed by atoms with Crippen LogP contribution in [0.15, 0.2) is 18.5 Å². The average molecular weight is 445 g/mol. The summed E-state index contributed by atoms with van der Waals surface area (Å²) in [5.74, 6) is -0.485. The van der Waals surface area contributed by atoms with Crippen LogP contribution in [0.3, 0.4) is 0 Å². The molecular formula is C23H32N4O5. The van der Waals surface area contributed by atoms with Crippen molar-refractivity contribution in [2.24, 2.45) is 0 Å². The van der Waals surface area contributed by atoms with E-state index in [0.717, 1.165) is 31.5 Å². The summed E-state index contributed by atoms with van der Waals surface area (Å²) in [7, 11) is 1.29. The largest absolute Gasteiger partial charge is 0.465 e. The number of aromatic nitrogens is 2. The van der Waals surface area contributed by atoms with Gasteiger partial charge in [0.15, 0.2) is 5.65 Å². The lowest BCUT2D eigenvalue weighted by Crippen LogP contribution is -2.44. The van der Waals surface area contributed by atoms with Crippen molar-refractivity contribution >= 4 is 29.0 Å². The number of amides is 1. The summed E-state index contributed by atoms with van der Waals surface area (Å²) in [4.78, 5) is 44.3. The molecule has 1 unspecified atom stereocenters. The van der Waals surface area contributed by atoms with Crippen molar-refractivity contribution < 1.29 is 23.9 Å². The van der Waals surface area contributed by atoms with Gasteiger partial charge in [-0.25, -0.2) is 19.1 Å². The number of esters is 1. The van der Waals surface area contributed by atoms with E-state index >= 15 is 0 Å². The number of rotatable bonds is 6. The fraction of sp³-hybridized carbons (Fsp3) is 0.565. The number of methoxy groups -OCH3 is 1. The minimum absolute atomic E-state index is 0.0924. The summed E-state index contributed by atoms with van der Waals surface area (Å²) in [5, 5.41) is 3.82. The van der Waals surface area contributed by atoms with Gasteiger partial charge < -0.3 is 19.7 Å². The highest BCUT2D eigenvalue weighted by molar-refractivity contribution is 6.06. The molecule has 2 aromatic rings. The molecule has 3 rings (SSSR count). The molecule has 1 saturated heterocycles. The van der Waals surface area contributed by atoms with Crippen molar-refractivity contribution in [1.29, 1.82) is 0 Å². The lowest BCUT2D eigenvalue weighted by atomic mass is 10.1. The number of nitrogens with zero attached hydrogens (tertiary/aromatic N) is 3. The third-order valence-electron chi connectivity index (χ3n) is 5.43. The molecule has 0 bridgehead atoms. The second-order valence-corrected chi connectivity index (χ2v) is 8.93. The van der Waals surface area contributed by atoms with Crippen LogP contribution >= 0.6 is 0 Å². The Morgan fingerprint density at radius 2 is 1.91 bits per heavy atom. The first-order valence-corrected chi connectivity index (χ1v) is 11.0. The zero-order valence-electron chi connectivity index (χ0n) is 19.4. The van der Waals surface area contributed by atoms with Crippen molar-refractivity contribution in [1.82, 2.24) is 19.8 Å². The van der Waals surface area contributed by atoms with Gasteiger partial charge in [-0.1, -0.05) is 6.92 Å². The normalized spacial score (nSPS) is 15.1. The van der Waals surface area contributed by atoms with Crippen LogP contribution in [0.1, 0.15) is 62.9 Å². The molecule has 0 aromatic carbocycles. The van der Waals surface area contributed by atoms with Crippen molar-refractivity contribution in [2.45, 2.75) is 65.1 Å². The highest BCUT2D eigenvalue weighted by atomic mass is 16.6. The summed E-state index contributed by atoms with van der Waals surface area (Å²) in [6.07, 6.45) is 5.05. The number of hydrogen-bond acceptors (Lipinski definition) is 7. The van der Waals surface area contributed by atoms with E-state index in [1.807, 2.05) is 11.8 Å². The minimum atomic E-state index is -0.706. The van der Waals surface area contributed by atoms with E-state index in [1.54, 1.807) is 33.0 Å². The number of carbonyl (C=O) groups excluding carboxylic acids is 3. The lowest BCUT2D eigenvalue weighted by molar-refractivity contribution is -0.132. The Bertz CT molecular complexity index is 1000. The van der Waals surface area contributed by atoms with Crippen molar-refractivity contribution in [3.63, 3.8) is 0 Å². The van der Waals surface area contributed by atoms with Gasteiger partial charge in [-0.3, -0.25) is 4.79 Å². The molecule has 3 heterocycles. The maximum Gasteiger partial charge on any atom is 0.420 e. The monoisotopic (exact) mass is 444 g/mol. The smallest absolute Gasteiger partial charge is 0.420 e. The molecule has 1 aliphatic heterocycles. The first-order chi connectivity index (χ1) is 15.2. The molecule has 32 heavy (non-hydrogen) atoms. The van der Waals surface area contributed by atoms with Crippen LogP contribution in [-0.2, 0) is 20.8 Å². The number of carbonyl (C=O) groups is 3. The van der Waals surface area contributed by atoms with Gasteiger partial charge in [0.05, 0.1) is 18.7 Å². The Labute approximate surface area is 188 Å². The van der Waals surface area contributed by atoms with E-state index < -0.39 is 17.7 Å². The summed E-state index contributed by atoms with van der Waals surface area (Å²) in [5.41, 5.74) is 0.558. The van der Waals surface area contributed by atoms with Crippen LogP contribution < -0.4 is 5.32 Å². The number of pyridine rings is 1. The molecule has 1 fully saturated rings. The number of hydrogen-bond donors (Lipinski definition) is 1. The average Bonchev–Trinajstić information content (AvgIpc) is 3.41. The third kappa shape index (κ3) is 5.09. The van der Waals surface area contributed by atoms with Crippen LogP contribution in [-0.4, -0.2) is 64.3 Å². The Balaban J connectivity index is 1.94. The third-order valence-corrected chi connectivity index (χ3v) is 5.43. The Kier molecular flexibility index (Phi) is 7.18. The molecule has 2 aromatic heterocycles. The first kappa shape index (κ1) is 23.7.